The Morgan fingerprint density at radius 1 is 1.00 bits per heavy atom. The van der Waals surface area contributed by atoms with Crippen molar-refractivity contribution >= 4 is 46.4 Å². The number of H-pyrrole nitrogens is 1. The van der Waals surface area contributed by atoms with Crippen molar-refractivity contribution in [3.05, 3.63) is 62.9 Å². The molecule has 0 atom stereocenters. The van der Waals surface area contributed by atoms with E-state index in [1.807, 2.05) is 24.3 Å². The Balaban J connectivity index is 1.95. The first-order chi connectivity index (χ1) is 10.0. The van der Waals surface area contributed by atoms with Gasteiger partial charge < -0.3 is 4.98 Å². The van der Waals surface area contributed by atoms with Gasteiger partial charge in [-0.25, -0.2) is 4.98 Å². The van der Waals surface area contributed by atoms with E-state index in [4.69, 9.17) is 23.2 Å². The Bertz CT molecular complexity index is 808. The molecule has 106 valence electrons. The predicted molar refractivity (Wildman–Crippen MR) is 91.0 cm³/mol. The summed E-state index contributed by atoms with van der Waals surface area (Å²) in [6, 6.07) is 9.64. The second-order valence-corrected chi connectivity index (χ2v) is 5.92. The lowest BCUT2D eigenvalue weighted by Crippen LogP contribution is -1.79. The third-order valence-electron chi connectivity index (χ3n) is 3.50. The largest absolute Gasteiger partial charge is 0.338 e. The number of aromatic amines is 1. The molecule has 0 unspecified atom stereocenters. The zero-order valence-corrected chi connectivity index (χ0v) is 13.3. The number of halogens is 2. The van der Waals surface area contributed by atoms with Crippen LogP contribution in [0.15, 0.2) is 30.3 Å². The van der Waals surface area contributed by atoms with E-state index in [0.717, 1.165) is 22.4 Å². The SMILES string of the molecule is Cc1cc2nc(C=Cc3ccc(Cl)cc3Cl)[nH]c2cc1C. The summed E-state index contributed by atoms with van der Waals surface area (Å²) in [6.07, 6.45) is 3.84. The van der Waals surface area contributed by atoms with Gasteiger partial charge in [-0.15, -0.1) is 0 Å². The minimum Gasteiger partial charge on any atom is -0.338 e. The van der Waals surface area contributed by atoms with Crippen molar-refractivity contribution in [2.75, 3.05) is 0 Å². The summed E-state index contributed by atoms with van der Waals surface area (Å²) >= 11 is 12.0. The van der Waals surface area contributed by atoms with E-state index < -0.39 is 0 Å². The molecule has 0 saturated carbocycles. The predicted octanol–water partition coefficient (Wildman–Crippen LogP) is 5.66. The monoisotopic (exact) mass is 316 g/mol. The van der Waals surface area contributed by atoms with E-state index in [2.05, 4.69) is 35.9 Å². The van der Waals surface area contributed by atoms with Crippen LogP contribution in [0, 0.1) is 13.8 Å². The molecule has 1 aromatic heterocycles. The second-order valence-electron chi connectivity index (χ2n) is 5.07. The smallest absolute Gasteiger partial charge is 0.131 e. The minimum absolute atomic E-state index is 0.626. The molecular weight excluding hydrogens is 303 g/mol. The molecule has 0 fully saturated rings. The van der Waals surface area contributed by atoms with Crippen molar-refractivity contribution in [1.29, 1.82) is 0 Å². The van der Waals surface area contributed by atoms with Crippen molar-refractivity contribution in [3.8, 4) is 0 Å². The van der Waals surface area contributed by atoms with Crippen molar-refractivity contribution in [1.82, 2.24) is 9.97 Å². The first-order valence-corrected chi connectivity index (χ1v) is 7.38. The average molecular weight is 317 g/mol. The zero-order chi connectivity index (χ0) is 15.0. The van der Waals surface area contributed by atoms with Crippen molar-refractivity contribution in [3.63, 3.8) is 0 Å². The fourth-order valence-corrected chi connectivity index (χ4v) is 2.65. The second kappa shape index (κ2) is 5.55. The number of nitrogens with zero attached hydrogens (tertiary/aromatic N) is 1. The molecule has 1 N–H and O–H groups in total. The van der Waals surface area contributed by atoms with Crippen molar-refractivity contribution in [2.24, 2.45) is 0 Å². The van der Waals surface area contributed by atoms with Crippen LogP contribution >= 0.6 is 23.2 Å². The highest BCUT2D eigenvalue weighted by molar-refractivity contribution is 6.35. The Labute approximate surface area is 133 Å². The normalized spacial score (nSPS) is 11.6. The topological polar surface area (TPSA) is 28.7 Å². The van der Waals surface area contributed by atoms with Gasteiger partial charge >= 0.3 is 0 Å². The van der Waals surface area contributed by atoms with Crippen LogP contribution in [0.4, 0.5) is 0 Å². The summed E-state index contributed by atoms with van der Waals surface area (Å²) in [7, 11) is 0. The Morgan fingerprint density at radius 2 is 1.76 bits per heavy atom. The summed E-state index contributed by atoms with van der Waals surface area (Å²) in [5.74, 6) is 0.806. The number of fused-ring (bicyclic) bond motifs is 1. The lowest BCUT2D eigenvalue weighted by Gasteiger charge is -1.97. The van der Waals surface area contributed by atoms with Gasteiger partial charge in [-0.1, -0.05) is 29.3 Å². The molecule has 4 heteroatoms. The number of hydrogen-bond donors (Lipinski definition) is 1. The fraction of sp³-hybridized carbons (Fsp3) is 0.118. The van der Waals surface area contributed by atoms with Crippen LogP contribution in [0.2, 0.25) is 10.0 Å². The molecule has 2 aromatic carbocycles. The van der Waals surface area contributed by atoms with Crippen LogP contribution in [0.3, 0.4) is 0 Å². The maximum absolute atomic E-state index is 6.15. The average Bonchev–Trinajstić information content (AvgIpc) is 2.80. The number of benzene rings is 2. The summed E-state index contributed by atoms with van der Waals surface area (Å²) in [5, 5.41) is 1.26. The van der Waals surface area contributed by atoms with Gasteiger partial charge in [-0.05, 0) is 67.0 Å². The number of rotatable bonds is 2. The highest BCUT2D eigenvalue weighted by Crippen LogP contribution is 2.23. The van der Waals surface area contributed by atoms with Gasteiger partial charge in [0, 0.05) is 10.0 Å². The molecule has 2 nitrogen and oxygen atoms in total. The van der Waals surface area contributed by atoms with Gasteiger partial charge in [0.2, 0.25) is 0 Å². The first-order valence-electron chi connectivity index (χ1n) is 6.63. The third kappa shape index (κ3) is 2.97. The van der Waals surface area contributed by atoms with Gasteiger partial charge in [0.15, 0.2) is 0 Å². The molecule has 3 rings (SSSR count). The molecular formula is C17H14Cl2N2. The molecule has 1 heterocycles. The quantitative estimate of drug-likeness (QED) is 0.649. The number of aryl methyl sites for hydroxylation is 2. The highest BCUT2D eigenvalue weighted by Gasteiger charge is 2.03. The molecule has 0 aliphatic rings. The van der Waals surface area contributed by atoms with E-state index in [1.165, 1.54) is 11.1 Å². The van der Waals surface area contributed by atoms with Crippen molar-refractivity contribution in [2.45, 2.75) is 13.8 Å². The van der Waals surface area contributed by atoms with Crippen molar-refractivity contribution < 1.29 is 0 Å². The van der Waals surface area contributed by atoms with Gasteiger partial charge in [0.05, 0.1) is 11.0 Å². The number of nitrogens with one attached hydrogen (secondary N) is 1. The molecule has 21 heavy (non-hydrogen) atoms. The molecule has 0 aliphatic heterocycles. The number of aromatic nitrogens is 2. The molecule has 0 radical (unpaired) electrons. The van der Waals surface area contributed by atoms with Crippen LogP contribution in [-0.2, 0) is 0 Å². The Hall–Kier alpha value is -1.77. The van der Waals surface area contributed by atoms with Crippen LogP contribution in [0.1, 0.15) is 22.5 Å². The highest BCUT2D eigenvalue weighted by atomic mass is 35.5. The van der Waals surface area contributed by atoms with Gasteiger partial charge in [0.1, 0.15) is 5.82 Å². The van der Waals surface area contributed by atoms with Crippen LogP contribution in [0.25, 0.3) is 23.2 Å². The molecule has 0 saturated heterocycles. The van der Waals surface area contributed by atoms with Crippen LogP contribution < -0.4 is 0 Å². The lowest BCUT2D eigenvalue weighted by atomic mass is 10.1. The van der Waals surface area contributed by atoms with Gasteiger partial charge in [0.25, 0.3) is 0 Å². The zero-order valence-electron chi connectivity index (χ0n) is 11.7. The number of imidazole rings is 1. The summed E-state index contributed by atoms with van der Waals surface area (Å²) < 4.78 is 0. The van der Waals surface area contributed by atoms with Gasteiger partial charge in [-0.2, -0.15) is 0 Å². The standard InChI is InChI=1S/C17H14Cl2N2/c1-10-7-15-16(8-11(10)2)21-17(20-15)6-4-12-3-5-13(18)9-14(12)19/h3-9H,1-2H3,(H,20,21). The molecule has 0 aliphatic carbocycles. The van der Waals surface area contributed by atoms with E-state index >= 15 is 0 Å². The molecule has 0 bridgehead atoms. The summed E-state index contributed by atoms with van der Waals surface area (Å²) in [5.41, 5.74) is 5.42. The van der Waals surface area contributed by atoms with E-state index in [-0.39, 0.29) is 0 Å². The van der Waals surface area contributed by atoms with E-state index in [9.17, 15) is 0 Å². The third-order valence-corrected chi connectivity index (χ3v) is 4.06. The molecule has 0 spiro atoms. The Kier molecular flexibility index (Phi) is 3.75. The maximum atomic E-state index is 6.15. The van der Waals surface area contributed by atoms with E-state index in [1.54, 1.807) is 6.07 Å². The fourth-order valence-electron chi connectivity index (χ4n) is 2.17. The number of hydrogen-bond acceptors (Lipinski definition) is 1. The van der Waals surface area contributed by atoms with Gasteiger partial charge in [-0.3, -0.25) is 0 Å². The van der Waals surface area contributed by atoms with Crippen LogP contribution in [0.5, 0.6) is 0 Å². The Morgan fingerprint density at radius 3 is 2.52 bits per heavy atom. The molecule has 3 aromatic rings. The molecule has 0 amide bonds. The minimum atomic E-state index is 0.626. The summed E-state index contributed by atoms with van der Waals surface area (Å²) in [6.45, 7) is 4.19. The maximum Gasteiger partial charge on any atom is 0.131 e. The van der Waals surface area contributed by atoms with Crippen LogP contribution in [-0.4, -0.2) is 9.97 Å². The lowest BCUT2D eigenvalue weighted by molar-refractivity contribution is 1.29. The first kappa shape index (κ1) is 14.2. The summed E-state index contributed by atoms with van der Waals surface area (Å²) in [4.78, 5) is 7.86. The van der Waals surface area contributed by atoms with E-state index in [0.29, 0.717) is 10.0 Å².